The van der Waals surface area contributed by atoms with Gasteiger partial charge in [0.25, 0.3) is 12.3 Å². The first-order valence-electron chi connectivity index (χ1n) is 9.07. The first-order chi connectivity index (χ1) is 14.9. The fourth-order valence-electron chi connectivity index (χ4n) is 2.46. The molecule has 0 fully saturated rings. The molecule has 1 amide bonds. The Morgan fingerprint density at radius 2 is 2.03 bits per heavy atom. The normalized spacial score (nSPS) is 11.6. The summed E-state index contributed by atoms with van der Waals surface area (Å²) in [5.41, 5.74) is 1.76. The minimum absolute atomic E-state index is 0.0908. The van der Waals surface area contributed by atoms with E-state index in [9.17, 15) is 18.8 Å². The minimum Gasteiger partial charge on any atom is -0.464 e. The zero-order valence-corrected chi connectivity index (χ0v) is 16.6. The van der Waals surface area contributed by atoms with Crippen LogP contribution in [0, 0.1) is 11.3 Å². The molecule has 2 N–H and O–H groups in total. The largest absolute Gasteiger partial charge is 0.464 e. The van der Waals surface area contributed by atoms with Crippen molar-refractivity contribution in [1.29, 1.82) is 5.26 Å². The number of carbonyl (C=O) groups is 1. The average molecular weight is 428 g/mol. The molecule has 31 heavy (non-hydrogen) atoms. The number of nitriles is 1. The average Bonchev–Trinajstić information content (AvgIpc) is 3.16. The highest BCUT2D eigenvalue weighted by atomic mass is 19.3. The minimum atomic E-state index is -2.68. The molecule has 0 radical (unpaired) electrons. The zero-order valence-electron chi connectivity index (χ0n) is 16.6. The van der Waals surface area contributed by atoms with E-state index in [2.05, 4.69) is 30.7 Å². The lowest BCUT2D eigenvalue weighted by molar-refractivity contribution is -0.128. The number of amides is 1. The molecular weight excluding hydrogens is 410 g/mol. The topological polar surface area (TPSA) is 131 Å². The van der Waals surface area contributed by atoms with Gasteiger partial charge in [-0.05, 0) is 19.1 Å². The SMILES string of the molecule is C[C@H](Oc1nc(-c2cnc(Nc3cnn(C)c3)nc2)ccc1C#N)C(=O)NCC(F)F. The molecule has 0 unspecified atom stereocenters. The van der Waals surface area contributed by atoms with Gasteiger partial charge in [-0.25, -0.2) is 23.7 Å². The summed E-state index contributed by atoms with van der Waals surface area (Å²) in [7, 11) is 1.79. The highest BCUT2D eigenvalue weighted by molar-refractivity contribution is 5.80. The van der Waals surface area contributed by atoms with E-state index in [1.165, 1.54) is 25.4 Å². The van der Waals surface area contributed by atoms with Crippen molar-refractivity contribution in [2.45, 2.75) is 19.5 Å². The number of hydrogen-bond acceptors (Lipinski definition) is 8. The van der Waals surface area contributed by atoms with Crippen LogP contribution in [0.5, 0.6) is 5.88 Å². The standard InChI is InChI=1S/C19H18F2N8O2/c1-11(17(30)23-9-16(20)21)31-18-12(5-22)3-4-15(28-18)13-6-24-19(25-7-13)27-14-8-26-29(2)10-14/h3-4,6-8,10-11,16H,9H2,1-2H3,(H,23,30)(H,24,25,27)/t11-/m0/s1. The molecule has 0 aliphatic carbocycles. The third-order valence-electron chi connectivity index (χ3n) is 3.98. The van der Waals surface area contributed by atoms with Crippen LogP contribution >= 0.6 is 0 Å². The van der Waals surface area contributed by atoms with Gasteiger partial charge in [-0.15, -0.1) is 0 Å². The number of nitrogens with zero attached hydrogens (tertiary/aromatic N) is 6. The van der Waals surface area contributed by atoms with E-state index in [1.54, 1.807) is 30.2 Å². The number of rotatable bonds is 8. The summed E-state index contributed by atoms with van der Waals surface area (Å²) >= 11 is 0. The number of anilines is 2. The fourth-order valence-corrected chi connectivity index (χ4v) is 2.46. The van der Waals surface area contributed by atoms with E-state index in [0.717, 1.165) is 5.69 Å². The van der Waals surface area contributed by atoms with Crippen LogP contribution in [0.2, 0.25) is 0 Å². The maximum absolute atomic E-state index is 12.3. The van der Waals surface area contributed by atoms with Crippen molar-refractivity contribution in [3.63, 3.8) is 0 Å². The van der Waals surface area contributed by atoms with Crippen molar-refractivity contribution < 1.29 is 18.3 Å². The molecule has 10 nitrogen and oxygen atoms in total. The van der Waals surface area contributed by atoms with Gasteiger partial charge in [0.05, 0.1) is 24.1 Å². The van der Waals surface area contributed by atoms with Gasteiger partial charge < -0.3 is 15.4 Å². The van der Waals surface area contributed by atoms with Crippen LogP contribution in [-0.4, -0.2) is 49.7 Å². The Morgan fingerprint density at radius 1 is 1.29 bits per heavy atom. The van der Waals surface area contributed by atoms with E-state index in [-0.39, 0.29) is 11.4 Å². The van der Waals surface area contributed by atoms with Crippen LogP contribution in [0.4, 0.5) is 20.4 Å². The Bertz CT molecular complexity index is 1100. The number of alkyl halides is 2. The molecule has 1 atom stereocenters. The molecule has 12 heteroatoms. The highest BCUT2D eigenvalue weighted by Gasteiger charge is 2.19. The highest BCUT2D eigenvalue weighted by Crippen LogP contribution is 2.23. The second-order valence-corrected chi connectivity index (χ2v) is 6.38. The van der Waals surface area contributed by atoms with E-state index in [4.69, 9.17) is 4.74 Å². The molecule has 0 saturated heterocycles. The Kier molecular flexibility index (Phi) is 6.66. The van der Waals surface area contributed by atoms with E-state index >= 15 is 0 Å². The second-order valence-electron chi connectivity index (χ2n) is 6.38. The van der Waals surface area contributed by atoms with E-state index < -0.39 is 25.0 Å². The second kappa shape index (κ2) is 9.57. The maximum atomic E-state index is 12.3. The Labute approximate surface area is 175 Å². The first-order valence-corrected chi connectivity index (χ1v) is 9.07. The fraction of sp³-hybridized carbons (Fsp3) is 0.263. The molecule has 0 aliphatic heterocycles. The van der Waals surface area contributed by atoms with Crippen molar-refractivity contribution >= 4 is 17.5 Å². The maximum Gasteiger partial charge on any atom is 0.261 e. The van der Waals surface area contributed by atoms with Crippen LogP contribution in [0.15, 0.2) is 36.9 Å². The molecule has 0 aliphatic rings. The molecule has 160 valence electrons. The van der Waals surface area contributed by atoms with Gasteiger partial charge in [0, 0.05) is 31.2 Å². The smallest absolute Gasteiger partial charge is 0.261 e. The summed E-state index contributed by atoms with van der Waals surface area (Å²) < 4.78 is 31.6. The van der Waals surface area contributed by atoms with Crippen molar-refractivity contribution in [2.75, 3.05) is 11.9 Å². The lowest BCUT2D eigenvalue weighted by atomic mass is 10.2. The lowest BCUT2D eigenvalue weighted by Crippen LogP contribution is -2.38. The molecular formula is C19H18F2N8O2. The third-order valence-corrected chi connectivity index (χ3v) is 3.98. The van der Waals surface area contributed by atoms with Gasteiger partial charge >= 0.3 is 0 Å². The number of pyridine rings is 1. The monoisotopic (exact) mass is 428 g/mol. The van der Waals surface area contributed by atoms with Crippen LogP contribution in [0.25, 0.3) is 11.3 Å². The predicted octanol–water partition coefficient (Wildman–Crippen LogP) is 2.04. The van der Waals surface area contributed by atoms with Gasteiger partial charge in [0.1, 0.15) is 11.6 Å². The van der Waals surface area contributed by atoms with Gasteiger partial charge in [-0.1, -0.05) is 0 Å². The number of nitrogens with one attached hydrogen (secondary N) is 2. The lowest BCUT2D eigenvalue weighted by Gasteiger charge is -2.15. The number of aryl methyl sites for hydroxylation is 1. The Morgan fingerprint density at radius 3 is 2.65 bits per heavy atom. The van der Waals surface area contributed by atoms with Crippen molar-refractivity contribution in [1.82, 2.24) is 30.0 Å². The Balaban J connectivity index is 1.75. The summed E-state index contributed by atoms with van der Waals surface area (Å²) in [5, 5.41) is 18.4. The molecule has 0 spiro atoms. The summed E-state index contributed by atoms with van der Waals surface area (Å²) in [6.07, 6.45) is 2.65. The quantitative estimate of drug-likeness (QED) is 0.557. The molecule has 0 bridgehead atoms. The number of hydrogen-bond donors (Lipinski definition) is 2. The summed E-state index contributed by atoms with van der Waals surface area (Å²) in [5.74, 6) is -0.492. The van der Waals surface area contributed by atoms with Gasteiger partial charge in [-0.3, -0.25) is 9.48 Å². The molecule has 3 aromatic rings. The van der Waals surface area contributed by atoms with E-state index in [1.807, 2.05) is 6.07 Å². The van der Waals surface area contributed by atoms with Crippen LogP contribution in [0.3, 0.4) is 0 Å². The van der Waals surface area contributed by atoms with E-state index in [0.29, 0.717) is 17.2 Å². The van der Waals surface area contributed by atoms with Crippen molar-refractivity contribution in [3.8, 4) is 23.2 Å². The number of aromatic nitrogens is 5. The predicted molar refractivity (Wildman–Crippen MR) is 106 cm³/mol. The summed E-state index contributed by atoms with van der Waals surface area (Å²) in [6.45, 7) is 0.584. The third kappa shape index (κ3) is 5.69. The van der Waals surface area contributed by atoms with Crippen LogP contribution < -0.4 is 15.4 Å². The number of ether oxygens (including phenoxy) is 1. The number of carbonyl (C=O) groups excluding carboxylic acids is 1. The number of halogens is 2. The molecule has 3 rings (SSSR count). The summed E-state index contributed by atoms with van der Waals surface area (Å²) in [4.78, 5) is 24.6. The Hall–Kier alpha value is -4.14. The summed E-state index contributed by atoms with van der Waals surface area (Å²) in [6, 6.07) is 4.98. The first kappa shape index (κ1) is 21.6. The van der Waals surface area contributed by atoms with Crippen molar-refractivity contribution in [2.24, 2.45) is 7.05 Å². The van der Waals surface area contributed by atoms with Gasteiger partial charge in [0.15, 0.2) is 6.10 Å². The molecule has 3 aromatic heterocycles. The van der Waals surface area contributed by atoms with Crippen LogP contribution in [-0.2, 0) is 11.8 Å². The molecule has 3 heterocycles. The van der Waals surface area contributed by atoms with Gasteiger partial charge in [0.2, 0.25) is 11.8 Å². The van der Waals surface area contributed by atoms with Crippen molar-refractivity contribution in [3.05, 3.63) is 42.5 Å². The molecule has 0 aromatic carbocycles. The van der Waals surface area contributed by atoms with Gasteiger partial charge in [-0.2, -0.15) is 10.4 Å². The van der Waals surface area contributed by atoms with Crippen LogP contribution in [0.1, 0.15) is 12.5 Å². The molecule has 0 saturated carbocycles. The zero-order chi connectivity index (χ0) is 22.4.